The van der Waals surface area contributed by atoms with E-state index in [0.29, 0.717) is 0 Å². The number of thioether (sulfide) groups is 1. The first kappa shape index (κ1) is 13.8. The second-order valence-corrected chi connectivity index (χ2v) is 7.61. The summed E-state index contributed by atoms with van der Waals surface area (Å²) in [6.07, 6.45) is 0.971. The molecule has 2 heterocycles. The zero-order chi connectivity index (χ0) is 14.1. The fourth-order valence-corrected chi connectivity index (χ4v) is 4.32. The minimum Gasteiger partial charge on any atom is -0.399 e. The lowest BCUT2D eigenvalue weighted by molar-refractivity contribution is 0.273. The first-order valence-corrected chi connectivity index (χ1v) is 8.16. The zero-order valence-electron chi connectivity index (χ0n) is 12.1. The number of nitrogens with two attached hydrogens (primary N) is 1. The summed E-state index contributed by atoms with van der Waals surface area (Å²) in [7, 11) is 0. The van der Waals surface area contributed by atoms with Crippen LogP contribution in [0.4, 0.5) is 5.69 Å². The number of benzene rings is 1. The van der Waals surface area contributed by atoms with E-state index in [1.807, 2.05) is 18.2 Å². The van der Waals surface area contributed by atoms with Gasteiger partial charge in [0.2, 0.25) is 0 Å². The normalized spacial score (nSPS) is 24.3. The Labute approximate surface area is 124 Å². The van der Waals surface area contributed by atoms with E-state index in [4.69, 9.17) is 5.73 Å². The second-order valence-electron chi connectivity index (χ2n) is 5.73. The highest BCUT2D eigenvalue weighted by Crippen LogP contribution is 2.24. The number of nitrogens with zero attached hydrogens (tertiary/aromatic N) is 2. The number of H-pyrrole nitrogens is 1. The lowest BCUT2D eigenvalue weighted by atomic mass is 10.3. The van der Waals surface area contributed by atoms with Gasteiger partial charge in [-0.1, -0.05) is 13.8 Å². The molecule has 3 N–H and O–H groups in total. The molecule has 5 heteroatoms. The number of rotatable bonds is 3. The van der Waals surface area contributed by atoms with Crippen LogP contribution in [0, 0.1) is 0 Å². The molecular formula is C15H22N4S. The van der Waals surface area contributed by atoms with Crippen LogP contribution >= 0.6 is 11.8 Å². The van der Waals surface area contributed by atoms with Crippen molar-refractivity contribution in [3.63, 3.8) is 0 Å². The van der Waals surface area contributed by atoms with Crippen molar-refractivity contribution in [3.05, 3.63) is 24.0 Å². The number of nitrogens with one attached hydrogen (secondary N) is 1. The summed E-state index contributed by atoms with van der Waals surface area (Å²) in [6.45, 7) is 8.07. The van der Waals surface area contributed by atoms with Gasteiger partial charge in [0.25, 0.3) is 0 Å². The summed E-state index contributed by atoms with van der Waals surface area (Å²) in [4.78, 5) is 10.6. The number of nitrogen functional groups attached to an aromatic ring is 1. The first-order valence-electron chi connectivity index (χ1n) is 7.22. The molecule has 1 aliphatic heterocycles. The van der Waals surface area contributed by atoms with E-state index in [1.165, 1.54) is 13.1 Å². The number of imidazole rings is 1. The number of aromatic amines is 1. The molecule has 2 atom stereocenters. The maximum Gasteiger partial charge on any atom is 0.108 e. The molecule has 3 rings (SSSR count). The molecule has 2 aromatic rings. The van der Waals surface area contributed by atoms with Crippen molar-refractivity contribution in [3.8, 4) is 0 Å². The van der Waals surface area contributed by atoms with Gasteiger partial charge >= 0.3 is 0 Å². The standard InChI is InChI=1S/C15H22N4S/c1-10-8-19(9-11(2)20-10)6-5-15-17-13-4-3-12(16)7-14(13)18-15/h3-4,7,10-11H,5-6,8-9,16H2,1-2H3,(H,17,18). The molecule has 1 aromatic carbocycles. The number of anilines is 1. The third-order valence-electron chi connectivity index (χ3n) is 3.72. The largest absolute Gasteiger partial charge is 0.399 e. The molecule has 4 nitrogen and oxygen atoms in total. The molecule has 2 unspecified atom stereocenters. The van der Waals surface area contributed by atoms with Crippen LogP contribution in [0.5, 0.6) is 0 Å². The van der Waals surface area contributed by atoms with Crippen molar-refractivity contribution in [1.29, 1.82) is 0 Å². The summed E-state index contributed by atoms with van der Waals surface area (Å²) >= 11 is 2.09. The maximum atomic E-state index is 5.80. The van der Waals surface area contributed by atoms with Crippen molar-refractivity contribution in [2.45, 2.75) is 30.8 Å². The summed E-state index contributed by atoms with van der Waals surface area (Å²) in [6, 6.07) is 5.83. The van der Waals surface area contributed by atoms with Crippen molar-refractivity contribution >= 4 is 28.5 Å². The van der Waals surface area contributed by atoms with Crippen LogP contribution in [-0.4, -0.2) is 45.0 Å². The van der Waals surface area contributed by atoms with Crippen LogP contribution in [-0.2, 0) is 6.42 Å². The van der Waals surface area contributed by atoms with Gasteiger partial charge in [-0.2, -0.15) is 11.8 Å². The van der Waals surface area contributed by atoms with Gasteiger partial charge in [0.15, 0.2) is 0 Å². The van der Waals surface area contributed by atoms with Gasteiger partial charge < -0.3 is 15.6 Å². The Morgan fingerprint density at radius 3 is 2.85 bits per heavy atom. The molecule has 0 bridgehead atoms. The van der Waals surface area contributed by atoms with Gasteiger partial charge in [-0.15, -0.1) is 0 Å². The number of aromatic nitrogens is 2. The monoisotopic (exact) mass is 290 g/mol. The van der Waals surface area contributed by atoms with Crippen LogP contribution in [0.2, 0.25) is 0 Å². The van der Waals surface area contributed by atoms with Crippen molar-refractivity contribution in [1.82, 2.24) is 14.9 Å². The fraction of sp³-hybridized carbons (Fsp3) is 0.533. The van der Waals surface area contributed by atoms with Gasteiger partial charge in [-0.25, -0.2) is 4.98 Å². The SMILES string of the molecule is CC1CN(CCc2nc3ccc(N)cc3[nH]2)CC(C)S1. The van der Waals surface area contributed by atoms with Crippen molar-refractivity contribution in [2.24, 2.45) is 0 Å². The second kappa shape index (κ2) is 5.66. The fourth-order valence-electron chi connectivity index (χ4n) is 2.93. The molecule has 0 spiro atoms. The summed E-state index contributed by atoms with van der Waals surface area (Å²) in [5.74, 6) is 1.06. The number of hydrogen-bond donors (Lipinski definition) is 2. The maximum absolute atomic E-state index is 5.80. The lowest BCUT2D eigenvalue weighted by Crippen LogP contribution is -2.41. The molecule has 0 radical (unpaired) electrons. The van der Waals surface area contributed by atoms with Gasteiger partial charge in [-0.05, 0) is 18.2 Å². The minimum absolute atomic E-state index is 0.731. The molecule has 0 aliphatic carbocycles. The van der Waals surface area contributed by atoms with E-state index >= 15 is 0 Å². The van der Waals surface area contributed by atoms with E-state index in [-0.39, 0.29) is 0 Å². The topological polar surface area (TPSA) is 57.9 Å². The lowest BCUT2D eigenvalue weighted by Gasteiger charge is -2.34. The van der Waals surface area contributed by atoms with E-state index in [1.54, 1.807) is 0 Å². The number of fused-ring (bicyclic) bond motifs is 1. The van der Waals surface area contributed by atoms with Gasteiger partial charge in [0.1, 0.15) is 5.82 Å². The molecule has 1 aliphatic rings. The molecule has 0 amide bonds. The Morgan fingerprint density at radius 1 is 1.35 bits per heavy atom. The average molecular weight is 290 g/mol. The Kier molecular flexibility index (Phi) is 3.89. The third-order valence-corrected chi connectivity index (χ3v) is 4.94. The Hall–Kier alpha value is -1.20. The van der Waals surface area contributed by atoms with Gasteiger partial charge in [-0.3, -0.25) is 0 Å². The Balaban J connectivity index is 1.64. The first-order chi connectivity index (χ1) is 9.60. The van der Waals surface area contributed by atoms with E-state index < -0.39 is 0 Å². The number of hydrogen-bond acceptors (Lipinski definition) is 4. The molecule has 1 aromatic heterocycles. The predicted molar refractivity (Wildman–Crippen MR) is 87.2 cm³/mol. The highest BCUT2D eigenvalue weighted by Gasteiger charge is 2.21. The molecule has 108 valence electrons. The molecule has 0 saturated carbocycles. The quantitative estimate of drug-likeness (QED) is 0.853. The van der Waals surface area contributed by atoms with Crippen LogP contribution < -0.4 is 5.73 Å². The third kappa shape index (κ3) is 3.10. The van der Waals surface area contributed by atoms with Crippen molar-refractivity contribution < 1.29 is 0 Å². The highest BCUT2D eigenvalue weighted by molar-refractivity contribution is 8.00. The minimum atomic E-state index is 0.731. The van der Waals surface area contributed by atoms with Gasteiger partial charge in [0, 0.05) is 42.2 Å². The van der Waals surface area contributed by atoms with E-state index in [2.05, 4.69) is 40.5 Å². The average Bonchev–Trinajstić information content (AvgIpc) is 2.77. The van der Waals surface area contributed by atoms with E-state index in [0.717, 1.165) is 46.0 Å². The van der Waals surface area contributed by atoms with Crippen LogP contribution in [0.15, 0.2) is 18.2 Å². The van der Waals surface area contributed by atoms with Crippen molar-refractivity contribution in [2.75, 3.05) is 25.4 Å². The predicted octanol–water partition coefficient (Wildman–Crippen LogP) is 2.51. The summed E-state index contributed by atoms with van der Waals surface area (Å²) < 4.78 is 0. The van der Waals surface area contributed by atoms with E-state index in [9.17, 15) is 0 Å². The summed E-state index contributed by atoms with van der Waals surface area (Å²) in [5, 5.41) is 1.46. The molecule has 20 heavy (non-hydrogen) atoms. The molecule has 1 saturated heterocycles. The smallest absolute Gasteiger partial charge is 0.108 e. The zero-order valence-corrected chi connectivity index (χ0v) is 12.9. The molecular weight excluding hydrogens is 268 g/mol. The molecule has 1 fully saturated rings. The van der Waals surface area contributed by atoms with Crippen LogP contribution in [0.3, 0.4) is 0 Å². The summed E-state index contributed by atoms with van der Waals surface area (Å²) in [5.41, 5.74) is 8.62. The Bertz CT molecular complexity index is 585. The Morgan fingerprint density at radius 2 is 2.10 bits per heavy atom. The van der Waals surface area contributed by atoms with Gasteiger partial charge in [0.05, 0.1) is 11.0 Å². The van der Waals surface area contributed by atoms with Crippen LogP contribution in [0.25, 0.3) is 11.0 Å². The highest BCUT2D eigenvalue weighted by atomic mass is 32.2. The van der Waals surface area contributed by atoms with Crippen LogP contribution in [0.1, 0.15) is 19.7 Å².